The largest absolute Gasteiger partial charge is 0.508 e. The third kappa shape index (κ3) is 1.30. The summed E-state index contributed by atoms with van der Waals surface area (Å²) in [5, 5.41) is 3.24. The van der Waals surface area contributed by atoms with Crippen LogP contribution in [-0.2, 0) is 9.47 Å². The second-order valence-corrected chi connectivity index (χ2v) is 3.05. The SMILES string of the molecule is O=C1OC[C@@H]2CNC[C@H]2CO1. The van der Waals surface area contributed by atoms with Crippen molar-refractivity contribution in [2.45, 2.75) is 0 Å². The molecule has 11 heavy (non-hydrogen) atoms. The van der Waals surface area contributed by atoms with Crippen LogP contribution in [0.3, 0.4) is 0 Å². The molecular weight excluding hydrogens is 146 g/mol. The Hall–Kier alpha value is -0.770. The van der Waals surface area contributed by atoms with E-state index in [2.05, 4.69) is 5.32 Å². The maximum absolute atomic E-state index is 10.6. The van der Waals surface area contributed by atoms with Crippen molar-refractivity contribution < 1.29 is 14.3 Å². The predicted octanol–water partition coefficient (Wildman–Crippen LogP) is -0.0112. The lowest BCUT2D eigenvalue weighted by Crippen LogP contribution is -2.17. The summed E-state index contributed by atoms with van der Waals surface area (Å²) in [5.74, 6) is 0.919. The normalized spacial score (nSPS) is 36.9. The van der Waals surface area contributed by atoms with Crippen LogP contribution >= 0.6 is 0 Å². The Labute approximate surface area is 64.9 Å². The maximum atomic E-state index is 10.6. The van der Waals surface area contributed by atoms with Crippen molar-refractivity contribution >= 4 is 6.16 Å². The van der Waals surface area contributed by atoms with E-state index < -0.39 is 6.16 Å². The van der Waals surface area contributed by atoms with Gasteiger partial charge in [-0.1, -0.05) is 0 Å². The Kier molecular flexibility index (Phi) is 1.69. The van der Waals surface area contributed by atoms with Crippen LogP contribution in [-0.4, -0.2) is 32.5 Å². The molecule has 2 fully saturated rings. The first-order chi connectivity index (χ1) is 5.36. The number of carbonyl (C=O) groups is 1. The molecule has 0 aliphatic carbocycles. The van der Waals surface area contributed by atoms with Gasteiger partial charge in [0.2, 0.25) is 0 Å². The molecule has 0 aromatic carbocycles. The van der Waals surface area contributed by atoms with Gasteiger partial charge in [-0.25, -0.2) is 4.79 Å². The zero-order valence-electron chi connectivity index (χ0n) is 6.21. The molecule has 0 saturated carbocycles. The van der Waals surface area contributed by atoms with Crippen molar-refractivity contribution in [3.05, 3.63) is 0 Å². The molecule has 0 bridgehead atoms. The molecule has 0 aromatic heterocycles. The number of rotatable bonds is 0. The summed E-state index contributed by atoms with van der Waals surface area (Å²) >= 11 is 0. The molecule has 0 unspecified atom stereocenters. The van der Waals surface area contributed by atoms with Gasteiger partial charge in [0.1, 0.15) is 0 Å². The predicted molar refractivity (Wildman–Crippen MR) is 37.1 cm³/mol. The molecule has 2 saturated heterocycles. The maximum Gasteiger partial charge on any atom is 0.508 e. The number of cyclic esters (lactones) is 2. The highest BCUT2D eigenvalue weighted by Gasteiger charge is 2.32. The van der Waals surface area contributed by atoms with E-state index in [0.29, 0.717) is 25.0 Å². The van der Waals surface area contributed by atoms with Gasteiger partial charge in [-0.15, -0.1) is 0 Å². The molecule has 62 valence electrons. The van der Waals surface area contributed by atoms with Gasteiger partial charge in [0.15, 0.2) is 0 Å². The minimum atomic E-state index is -0.514. The highest BCUT2D eigenvalue weighted by atomic mass is 16.7. The van der Waals surface area contributed by atoms with E-state index in [9.17, 15) is 4.79 Å². The fourth-order valence-corrected chi connectivity index (χ4v) is 1.57. The minimum absolute atomic E-state index is 0.460. The van der Waals surface area contributed by atoms with Crippen LogP contribution in [0.25, 0.3) is 0 Å². The molecule has 0 radical (unpaired) electrons. The Morgan fingerprint density at radius 3 is 2.27 bits per heavy atom. The van der Waals surface area contributed by atoms with Crippen LogP contribution in [0.1, 0.15) is 0 Å². The standard InChI is InChI=1S/C7H11NO3/c9-7-10-3-5-1-8-2-6(5)4-11-7/h5-6,8H,1-4H2/t5-,6-/m0/s1. The summed E-state index contributed by atoms with van der Waals surface area (Å²) in [5.41, 5.74) is 0. The van der Waals surface area contributed by atoms with Crippen molar-refractivity contribution in [3.8, 4) is 0 Å². The van der Waals surface area contributed by atoms with Crippen molar-refractivity contribution in [2.24, 2.45) is 11.8 Å². The third-order valence-electron chi connectivity index (χ3n) is 2.31. The van der Waals surface area contributed by atoms with Crippen molar-refractivity contribution in [1.29, 1.82) is 0 Å². The Balaban J connectivity index is 2.00. The lowest BCUT2D eigenvalue weighted by molar-refractivity contribution is 0.0673. The van der Waals surface area contributed by atoms with E-state index >= 15 is 0 Å². The quantitative estimate of drug-likeness (QED) is 0.502. The van der Waals surface area contributed by atoms with Crippen LogP contribution in [0.5, 0.6) is 0 Å². The number of fused-ring (bicyclic) bond motifs is 1. The van der Waals surface area contributed by atoms with E-state index in [0.717, 1.165) is 13.1 Å². The molecule has 2 rings (SSSR count). The highest BCUT2D eigenvalue weighted by Crippen LogP contribution is 2.20. The first kappa shape index (κ1) is 6.91. The summed E-state index contributed by atoms with van der Waals surface area (Å²) in [4.78, 5) is 10.6. The van der Waals surface area contributed by atoms with Gasteiger partial charge in [-0.05, 0) is 0 Å². The van der Waals surface area contributed by atoms with Crippen LogP contribution < -0.4 is 5.32 Å². The van der Waals surface area contributed by atoms with Gasteiger partial charge in [0.25, 0.3) is 0 Å². The van der Waals surface area contributed by atoms with Crippen molar-refractivity contribution in [3.63, 3.8) is 0 Å². The Morgan fingerprint density at radius 2 is 1.73 bits per heavy atom. The molecule has 2 aliphatic rings. The van der Waals surface area contributed by atoms with E-state index in [4.69, 9.17) is 9.47 Å². The van der Waals surface area contributed by atoms with Gasteiger partial charge < -0.3 is 14.8 Å². The second kappa shape index (κ2) is 2.70. The van der Waals surface area contributed by atoms with E-state index in [1.807, 2.05) is 0 Å². The molecule has 2 aliphatic heterocycles. The van der Waals surface area contributed by atoms with Crippen LogP contribution in [0.4, 0.5) is 4.79 Å². The summed E-state index contributed by atoms with van der Waals surface area (Å²) in [7, 11) is 0. The zero-order valence-corrected chi connectivity index (χ0v) is 6.21. The molecule has 4 heteroatoms. The Bertz CT molecular complexity index is 155. The number of hydrogen-bond donors (Lipinski definition) is 1. The van der Waals surface area contributed by atoms with Gasteiger partial charge >= 0.3 is 6.16 Å². The summed E-state index contributed by atoms with van der Waals surface area (Å²) in [6.45, 7) is 2.91. The van der Waals surface area contributed by atoms with Crippen LogP contribution in [0, 0.1) is 11.8 Å². The monoisotopic (exact) mass is 157 g/mol. The van der Waals surface area contributed by atoms with E-state index in [1.54, 1.807) is 0 Å². The van der Waals surface area contributed by atoms with Gasteiger partial charge in [-0.2, -0.15) is 0 Å². The lowest BCUT2D eigenvalue weighted by Gasteiger charge is -2.09. The van der Waals surface area contributed by atoms with Crippen LogP contribution in [0.2, 0.25) is 0 Å². The minimum Gasteiger partial charge on any atom is -0.434 e. The molecule has 0 aromatic rings. The molecule has 4 nitrogen and oxygen atoms in total. The van der Waals surface area contributed by atoms with Crippen LogP contribution in [0.15, 0.2) is 0 Å². The number of hydrogen-bond acceptors (Lipinski definition) is 4. The number of carbonyl (C=O) groups excluding carboxylic acids is 1. The average molecular weight is 157 g/mol. The molecule has 2 atom stereocenters. The molecule has 0 spiro atoms. The first-order valence-electron chi connectivity index (χ1n) is 3.86. The molecule has 1 N–H and O–H groups in total. The van der Waals surface area contributed by atoms with Crippen molar-refractivity contribution in [1.82, 2.24) is 5.32 Å². The van der Waals surface area contributed by atoms with Gasteiger partial charge in [0, 0.05) is 24.9 Å². The molecule has 0 amide bonds. The fourth-order valence-electron chi connectivity index (χ4n) is 1.57. The smallest absolute Gasteiger partial charge is 0.434 e. The average Bonchev–Trinajstić information content (AvgIpc) is 2.38. The molecule has 2 heterocycles. The highest BCUT2D eigenvalue weighted by molar-refractivity contribution is 5.60. The zero-order chi connectivity index (χ0) is 7.68. The summed E-state index contributed by atoms with van der Waals surface area (Å²) in [6.07, 6.45) is -0.514. The lowest BCUT2D eigenvalue weighted by atomic mass is 9.98. The van der Waals surface area contributed by atoms with E-state index in [-0.39, 0.29) is 0 Å². The Morgan fingerprint density at radius 1 is 1.18 bits per heavy atom. The fraction of sp³-hybridized carbons (Fsp3) is 0.857. The second-order valence-electron chi connectivity index (χ2n) is 3.05. The topological polar surface area (TPSA) is 47.6 Å². The summed E-state index contributed by atoms with van der Waals surface area (Å²) in [6, 6.07) is 0. The first-order valence-corrected chi connectivity index (χ1v) is 3.86. The van der Waals surface area contributed by atoms with Gasteiger partial charge in [-0.3, -0.25) is 0 Å². The van der Waals surface area contributed by atoms with E-state index in [1.165, 1.54) is 0 Å². The number of nitrogens with one attached hydrogen (secondary N) is 1. The van der Waals surface area contributed by atoms with Gasteiger partial charge in [0.05, 0.1) is 13.2 Å². The summed E-state index contributed by atoms with van der Waals surface area (Å²) < 4.78 is 9.63. The van der Waals surface area contributed by atoms with Crippen molar-refractivity contribution in [2.75, 3.05) is 26.3 Å². The third-order valence-corrected chi connectivity index (χ3v) is 2.31. The number of ether oxygens (including phenoxy) is 2. The molecular formula is C7H11NO3.